The van der Waals surface area contributed by atoms with Crippen molar-refractivity contribution < 1.29 is 0 Å². The lowest BCUT2D eigenvalue weighted by molar-refractivity contribution is 1.13. The Balaban J connectivity index is 2.23. The van der Waals surface area contributed by atoms with Gasteiger partial charge in [0, 0.05) is 5.56 Å². The molecule has 2 aromatic carbocycles. The summed E-state index contributed by atoms with van der Waals surface area (Å²) in [5.74, 6) is 0. The molecule has 0 aliphatic heterocycles. The van der Waals surface area contributed by atoms with Crippen molar-refractivity contribution in [1.82, 2.24) is 4.98 Å². The standard InChI is InChI=1S/C17H15NS/c1-3-12-8-7-9-14(13(12)4-2)17-18-15-10-5-6-11-16(15)19-17/h3,5-11H,1,4H2,2H3. The molecule has 0 spiro atoms. The Morgan fingerprint density at radius 1 is 1.16 bits per heavy atom. The topological polar surface area (TPSA) is 12.9 Å². The highest BCUT2D eigenvalue weighted by Gasteiger charge is 2.11. The summed E-state index contributed by atoms with van der Waals surface area (Å²) in [4.78, 5) is 4.75. The molecule has 0 aliphatic carbocycles. The zero-order valence-corrected chi connectivity index (χ0v) is 11.7. The largest absolute Gasteiger partial charge is 0.236 e. The van der Waals surface area contributed by atoms with E-state index in [0.29, 0.717) is 0 Å². The van der Waals surface area contributed by atoms with Gasteiger partial charge >= 0.3 is 0 Å². The molecule has 1 nitrogen and oxygen atoms in total. The Kier molecular flexibility index (Phi) is 3.18. The van der Waals surface area contributed by atoms with Crippen LogP contribution in [0.2, 0.25) is 0 Å². The van der Waals surface area contributed by atoms with Gasteiger partial charge in [-0.3, -0.25) is 0 Å². The molecule has 0 fully saturated rings. The van der Waals surface area contributed by atoms with Crippen LogP contribution in [-0.4, -0.2) is 4.98 Å². The van der Waals surface area contributed by atoms with E-state index in [2.05, 4.69) is 49.9 Å². The van der Waals surface area contributed by atoms with E-state index in [0.717, 1.165) is 16.9 Å². The van der Waals surface area contributed by atoms with Crippen LogP contribution < -0.4 is 0 Å². The third-order valence-electron chi connectivity index (χ3n) is 3.31. The molecule has 94 valence electrons. The lowest BCUT2D eigenvalue weighted by Crippen LogP contribution is -1.91. The van der Waals surface area contributed by atoms with Gasteiger partial charge in [-0.05, 0) is 29.7 Å². The van der Waals surface area contributed by atoms with E-state index in [1.54, 1.807) is 11.3 Å². The number of nitrogens with zero attached hydrogens (tertiary/aromatic N) is 1. The summed E-state index contributed by atoms with van der Waals surface area (Å²) < 4.78 is 1.24. The summed E-state index contributed by atoms with van der Waals surface area (Å²) in [6, 6.07) is 14.6. The second-order valence-electron chi connectivity index (χ2n) is 4.42. The molecule has 0 saturated carbocycles. The van der Waals surface area contributed by atoms with Crippen molar-refractivity contribution in [1.29, 1.82) is 0 Å². The number of aromatic nitrogens is 1. The highest BCUT2D eigenvalue weighted by atomic mass is 32.1. The van der Waals surface area contributed by atoms with Gasteiger partial charge in [0.05, 0.1) is 10.2 Å². The first-order valence-corrected chi connectivity index (χ1v) is 7.25. The van der Waals surface area contributed by atoms with Gasteiger partial charge in [0.15, 0.2) is 0 Å². The van der Waals surface area contributed by atoms with Crippen molar-refractivity contribution in [3.05, 3.63) is 60.2 Å². The Morgan fingerprint density at radius 2 is 2.00 bits per heavy atom. The molecule has 0 amide bonds. The molecule has 3 aromatic rings. The fraction of sp³-hybridized carbons (Fsp3) is 0.118. The molecular formula is C17H15NS. The van der Waals surface area contributed by atoms with E-state index in [9.17, 15) is 0 Å². The van der Waals surface area contributed by atoms with Crippen LogP contribution in [0.25, 0.3) is 26.9 Å². The zero-order valence-electron chi connectivity index (χ0n) is 10.9. The molecule has 3 rings (SSSR count). The number of benzene rings is 2. The van der Waals surface area contributed by atoms with Crippen LogP contribution in [0.4, 0.5) is 0 Å². The van der Waals surface area contributed by atoms with Crippen molar-refractivity contribution >= 4 is 27.6 Å². The first kappa shape index (κ1) is 12.1. The van der Waals surface area contributed by atoms with Crippen LogP contribution in [0.3, 0.4) is 0 Å². The van der Waals surface area contributed by atoms with Crippen molar-refractivity contribution in [2.75, 3.05) is 0 Å². The average molecular weight is 265 g/mol. The molecule has 1 aromatic heterocycles. The maximum absolute atomic E-state index is 4.75. The minimum Gasteiger partial charge on any atom is -0.236 e. The number of fused-ring (bicyclic) bond motifs is 1. The number of hydrogen-bond acceptors (Lipinski definition) is 2. The Hall–Kier alpha value is -1.93. The first-order valence-electron chi connectivity index (χ1n) is 6.43. The van der Waals surface area contributed by atoms with E-state index >= 15 is 0 Å². The van der Waals surface area contributed by atoms with E-state index < -0.39 is 0 Å². The molecule has 0 N–H and O–H groups in total. The Bertz CT molecular complexity index is 707. The smallest absolute Gasteiger partial charge is 0.124 e. The summed E-state index contributed by atoms with van der Waals surface area (Å²) >= 11 is 1.75. The van der Waals surface area contributed by atoms with Crippen LogP contribution in [0, 0.1) is 0 Å². The maximum Gasteiger partial charge on any atom is 0.124 e. The van der Waals surface area contributed by atoms with Gasteiger partial charge in [0.1, 0.15) is 5.01 Å². The number of hydrogen-bond donors (Lipinski definition) is 0. The van der Waals surface area contributed by atoms with Crippen molar-refractivity contribution in [2.24, 2.45) is 0 Å². The molecule has 0 unspecified atom stereocenters. The van der Waals surface area contributed by atoms with Gasteiger partial charge in [0.25, 0.3) is 0 Å². The van der Waals surface area contributed by atoms with E-state index in [-0.39, 0.29) is 0 Å². The van der Waals surface area contributed by atoms with Gasteiger partial charge in [-0.2, -0.15) is 0 Å². The quantitative estimate of drug-likeness (QED) is 0.636. The van der Waals surface area contributed by atoms with Crippen molar-refractivity contribution in [3.8, 4) is 10.6 Å². The zero-order chi connectivity index (χ0) is 13.2. The Labute approximate surface area is 117 Å². The van der Waals surface area contributed by atoms with Gasteiger partial charge < -0.3 is 0 Å². The molecule has 1 heterocycles. The van der Waals surface area contributed by atoms with Gasteiger partial charge in [-0.25, -0.2) is 4.98 Å². The predicted octanol–water partition coefficient (Wildman–Crippen LogP) is 5.17. The normalized spacial score (nSPS) is 10.8. The monoisotopic (exact) mass is 265 g/mol. The van der Waals surface area contributed by atoms with Crippen LogP contribution in [0.1, 0.15) is 18.1 Å². The fourth-order valence-electron chi connectivity index (χ4n) is 2.38. The third kappa shape index (κ3) is 2.08. The van der Waals surface area contributed by atoms with Gasteiger partial charge in [-0.1, -0.05) is 49.9 Å². The second-order valence-corrected chi connectivity index (χ2v) is 5.45. The molecule has 19 heavy (non-hydrogen) atoms. The lowest BCUT2D eigenvalue weighted by Gasteiger charge is -2.08. The van der Waals surface area contributed by atoms with Crippen molar-refractivity contribution in [2.45, 2.75) is 13.3 Å². The molecular weight excluding hydrogens is 250 g/mol. The minimum absolute atomic E-state index is 0.994. The molecule has 2 heteroatoms. The third-order valence-corrected chi connectivity index (χ3v) is 4.38. The van der Waals surface area contributed by atoms with Crippen LogP contribution in [0.15, 0.2) is 49.0 Å². The highest BCUT2D eigenvalue weighted by molar-refractivity contribution is 7.21. The summed E-state index contributed by atoms with van der Waals surface area (Å²) in [6.45, 7) is 6.08. The van der Waals surface area contributed by atoms with E-state index in [1.807, 2.05) is 12.1 Å². The van der Waals surface area contributed by atoms with Crippen molar-refractivity contribution in [3.63, 3.8) is 0 Å². The summed E-state index contributed by atoms with van der Waals surface area (Å²) in [5, 5.41) is 1.10. The Morgan fingerprint density at radius 3 is 2.74 bits per heavy atom. The highest BCUT2D eigenvalue weighted by Crippen LogP contribution is 2.33. The molecule has 0 bridgehead atoms. The summed E-state index contributed by atoms with van der Waals surface area (Å²) in [5.41, 5.74) is 4.85. The number of rotatable bonds is 3. The molecule has 0 saturated heterocycles. The van der Waals surface area contributed by atoms with Crippen LogP contribution in [0.5, 0.6) is 0 Å². The van der Waals surface area contributed by atoms with Crippen LogP contribution >= 0.6 is 11.3 Å². The van der Waals surface area contributed by atoms with E-state index in [1.165, 1.54) is 21.4 Å². The summed E-state index contributed by atoms with van der Waals surface area (Å²) in [7, 11) is 0. The molecule has 0 radical (unpaired) electrons. The first-order chi connectivity index (χ1) is 9.33. The SMILES string of the molecule is C=Cc1cccc(-c2nc3ccccc3s2)c1CC. The maximum atomic E-state index is 4.75. The van der Waals surface area contributed by atoms with Gasteiger partial charge in [-0.15, -0.1) is 11.3 Å². The average Bonchev–Trinajstić information content (AvgIpc) is 2.89. The second kappa shape index (κ2) is 4.98. The molecule has 0 aliphatic rings. The summed E-state index contributed by atoms with van der Waals surface area (Å²) in [6.07, 6.45) is 2.92. The molecule has 0 atom stereocenters. The fourth-order valence-corrected chi connectivity index (χ4v) is 3.40. The van der Waals surface area contributed by atoms with E-state index in [4.69, 9.17) is 4.98 Å². The van der Waals surface area contributed by atoms with Crippen LogP contribution in [-0.2, 0) is 6.42 Å². The van der Waals surface area contributed by atoms with Gasteiger partial charge in [0.2, 0.25) is 0 Å². The lowest BCUT2D eigenvalue weighted by atomic mass is 9.99. The minimum atomic E-state index is 0.994. The predicted molar refractivity (Wildman–Crippen MR) is 84.5 cm³/mol. The number of para-hydroxylation sites is 1. The number of thiazole rings is 1.